The van der Waals surface area contributed by atoms with E-state index in [-0.39, 0.29) is 18.9 Å². The average molecular weight is 224 g/mol. The molecule has 0 aliphatic heterocycles. The van der Waals surface area contributed by atoms with Crippen LogP contribution in [0.2, 0.25) is 0 Å². The van der Waals surface area contributed by atoms with E-state index >= 15 is 0 Å². The van der Waals surface area contributed by atoms with E-state index in [1.165, 1.54) is 0 Å². The van der Waals surface area contributed by atoms with Gasteiger partial charge in [-0.2, -0.15) is 0 Å². The molecule has 0 rings (SSSR count). The molecule has 0 radical (unpaired) electrons. The molecule has 0 aromatic rings. The Labute approximate surface area is 44.3 Å². The van der Waals surface area contributed by atoms with Crippen LogP contribution in [0, 0.1) is 0 Å². The molecule has 0 bridgehead atoms. The summed E-state index contributed by atoms with van der Waals surface area (Å²) in [6.07, 6.45) is 0. The summed E-state index contributed by atoms with van der Waals surface area (Å²) in [6.45, 7) is 0. The van der Waals surface area contributed by atoms with Gasteiger partial charge in [-0.25, -0.2) is 0 Å². The Hall–Kier alpha value is 0.886. The minimum atomic E-state index is -2.25. The van der Waals surface area contributed by atoms with Crippen molar-refractivity contribution < 1.29 is 25.3 Å². The van der Waals surface area contributed by atoms with Gasteiger partial charge >= 0.3 is 44.1 Å². The molecule has 0 atom stereocenters. The molecule has 0 spiro atoms. The van der Waals surface area contributed by atoms with Gasteiger partial charge in [-0.3, -0.25) is 0 Å². The normalized spacial score (nSPS) is 3.00. The van der Waals surface area contributed by atoms with Crippen molar-refractivity contribution >= 4 is 18.9 Å². The molecule has 0 fully saturated rings. The van der Waals surface area contributed by atoms with E-state index in [2.05, 4.69) is 0 Å². The minimum absolute atomic E-state index is 0. The van der Waals surface area contributed by atoms with Gasteiger partial charge in [-0.05, 0) is 0 Å². The van der Waals surface area contributed by atoms with Crippen molar-refractivity contribution in [3.63, 3.8) is 0 Å². The van der Waals surface area contributed by atoms with Crippen molar-refractivity contribution in [1.82, 2.24) is 0 Å². The van der Waals surface area contributed by atoms with Crippen LogP contribution in [0.5, 0.6) is 0 Å². The summed E-state index contributed by atoms with van der Waals surface area (Å²) in [5.41, 5.74) is 0. The molecule has 0 aromatic carbocycles. The van der Waals surface area contributed by atoms with E-state index in [0.29, 0.717) is 0 Å². The Morgan fingerprint density at radius 1 is 1.25 bits per heavy atom. The Morgan fingerprint density at radius 2 is 1.25 bits per heavy atom. The number of hydrogen-bond donors (Lipinski definition) is 0. The van der Waals surface area contributed by atoms with E-state index in [1.807, 2.05) is 0 Å². The second kappa shape index (κ2) is 9.10. The fraction of sp³-hybridized carbons (Fsp3) is 0. The third-order valence-electron chi connectivity index (χ3n) is 0. The molecule has 4 heavy (non-hydrogen) atoms. The second-order valence-electron chi connectivity index (χ2n) is 0.0680. The SMILES string of the molecule is [LiH].[O]=[W]=[O]. The summed E-state index contributed by atoms with van der Waals surface area (Å²) in [6, 6.07) is 0. The monoisotopic (exact) mass is 224 g/mol. The first-order valence-electron chi connectivity index (χ1n) is 0.333. The van der Waals surface area contributed by atoms with Crippen molar-refractivity contribution in [2.75, 3.05) is 0 Å². The van der Waals surface area contributed by atoms with Gasteiger partial charge in [0.25, 0.3) is 0 Å². The summed E-state index contributed by atoms with van der Waals surface area (Å²) in [5.74, 6) is 0. The average Bonchev–Trinajstić information content (AvgIpc) is 0.918. The first kappa shape index (κ1) is 8.86. The van der Waals surface area contributed by atoms with Gasteiger partial charge in [0.05, 0.1) is 0 Å². The van der Waals surface area contributed by atoms with Crippen LogP contribution in [0.3, 0.4) is 0 Å². The van der Waals surface area contributed by atoms with Crippen LogP contribution in [0.25, 0.3) is 0 Å². The van der Waals surface area contributed by atoms with Crippen LogP contribution in [-0.4, -0.2) is 18.9 Å². The Bertz CT molecular complexity index is 27.0. The van der Waals surface area contributed by atoms with Crippen LogP contribution in [-0.2, 0) is 25.3 Å². The molecule has 0 heterocycles. The third kappa shape index (κ3) is 13.1. The summed E-state index contributed by atoms with van der Waals surface area (Å²) >= 11 is -2.25. The zero-order valence-corrected chi connectivity index (χ0v) is 4.16. The molecule has 0 aromatic heterocycles. The molecule has 0 N–H and O–H groups in total. The molecule has 0 amide bonds. The van der Waals surface area contributed by atoms with Gasteiger partial charge in [-0.15, -0.1) is 0 Å². The van der Waals surface area contributed by atoms with Crippen molar-refractivity contribution in [2.24, 2.45) is 0 Å². The van der Waals surface area contributed by atoms with Crippen molar-refractivity contribution in [2.45, 2.75) is 0 Å². The van der Waals surface area contributed by atoms with E-state index in [9.17, 15) is 0 Å². The molecule has 20 valence electrons. The van der Waals surface area contributed by atoms with Crippen LogP contribution in [0.15, 0.2) is 0 Å². The summed E-state index contributed by atoms with van der Waals surface area (Å²) < 4.78 is 17.1. The zero-order valence-electron chi connectivity index (χ0n) is 1.22. The molecule has 0 aliphatic carbocycles. The van der Waals surface area contributed by atoms with Gasteiger partial charge in [0.2, 0.25) is 0 Å². The predicted molar refractivity (Wildman–Crippen MR) is 8.52 cm³/mol. The molecule has 2 nitrogen and oxygen atoms in total. The second-order valence-corrected chi connectivity index (χ2v) is 0.557. The maximum atomic E-state index is 8.54. The van der Waals surface area contributed by atoms with Gasteiger partial charge in [-0.1, -0.05) is 0 Å². The van der Waals surface area contributed by atoms with Gasteiger partial charge < -0.3 is 0 Å². The molecule has 0 saturated heterocycles. The standard InChI is InChI=1S/Li.2O.W.H. The topological polar surface area (TPSA) is 34.1 Å². The molecular formula is HLiO2W. The van der Waals surface area contributed by atoms with Gasteiger partial charge in [0, 0.05) is 0 Å². The Balaban J connectivity index is 0. The molecule has 0 unspecified atom stereocenters. The zero-order chi connectivity index (χ0) is 2.71. The quantitative estimate of drug-likeness (QED) is 0.500. The summed E-state index contributed by atoms with van der Waals surface area (Å²) in [4.78, 5) is 0. The fourth-order valence-electron chi connectivity index (χ4n) is 0. The van der Waals surface area contributed by atoms with E-state index < -0.39 is 18.5 Å². The van der Waals surface area contributed by atoms with Crippen LogP contribution in [0.1, 0.15) is 0 Å². The first-order chi connectivity index (χ1) is 1.41. The van der Waals surface area contributed by atoms with E-state index in [1.54, 1.807) is 0 Å². The summed E-state index contributed by atoms with van der Waals surface area (Å²) in [7, 11) is 0. The van der Waals surface area contributed by atoms with Gasteiger partial charge in [0.1, 0.15) is 0 Å². The van der Waals surface area contributed by atoms with Crippen molar-refractivity contribution in [3.8, 4) is 0 Å². The van der Waals surface area contributed by atoms with E-state index in [0.717, 1.165) is 0 Å². The molecule has 4 heteroatoms. The predicted octanol–water partition coefficient (Wildman–Crippen LogP) is -0.889. The number of hydrogen-bond acceptors (Lipinski definition) is 2. The Morgan fingerprint density at radius 3 is 1.25 bits per heavy atom. The van der Waals surface area contributed by atoms with Crippen molar-refractivity contribution in [3.05, 3.63) is 0 Å². The summed E-state index contributed by atoms with van der Waals surface area (Å²) in [5, 5.41) is 0. The van der Waals surface area contributed by atoms with Crippen LogP contribution < -0.4 is 0 Å². The van der Waals surface area contributed by atoms with Crippen LogP contribution >= 0.6 is 0 Å². The Kier molecular flexibility index (Phi) is 20.2. The number of rotatable bonds is 0. The van der Waals surface area contributed by atoms with Gasteiger partial charge in [0.15, 0.2) is 0 Å². The third-order valence-corrected chi connectivity index (χ3v) is 0. The maximum absolute atomic E-state index is 8.54. The van der Waals surface area contributed by atoms with Crippen LogP contribution in [0.4, 0.5) is 0 Å². The molecular weight excluding hydrogens is 223 g/mol. The van der Waals surface area contributed by atoms with Crippen molar-refractivity contribution in [1.29, 1.82) is 0 Å². The first-order valence-corrected chi connectivity index (χ1v) is 2.73. The fourth-order valence-corrected chi connectivity index (χ4v) is 0. The van der Waals surface area contributed by atoms with E-state index in [4.69, 9.17) is 6.80 Å². The molecule has 0 aliphatic rings. The molecule has 0 saturated carbocycles.